The van der Waals surface area contributed by atoms with Crippen LogP contribution in [0, 0.1) is 0 Å². The summed E-state index contributed by atoms with van der Waals surface area (Å²) in [6.45, 7) is 0.714. The molecule has 15 nitrogen and oxygen atoms in total. The Morgan fingerprint density at radius 2 is 0.900 bits per heavy atom. The van der Waals surface area contributed by atoms with Crippen molar-refractivity contribution in [1.82, 2.24) is 26.6 Å². The largest absolute Gasteiger partial charge is 0.480 e. The van der Waals surface area contributed by atoms with E-state index in [2.05, 4.69) is 50.8 Å². The van der Waals surface area contributed by atoms with Crippen LogP contribution in [-0.2, 0) is 41.5 Å². The van der Waals surface area contributed by atoms with E-state index in [1.807, 2.05) is 115 Å². The fourth-order valence-electron chi connectivity index (χ4n) is 10.8. The molecule has 16 heteroatoms. The molecule has 0 saturated heterocycles. The van der Waals surface area contributed by atoms with Gasteiger partial charge in [0.2, 0.25) is 17.7 Å². The summed E-state index contributed by atoms with van der Waals surface area (Å²) in [5.74, 6) is -3.54. The Bertz CT molecular complexity index is 3260. The number of rotatable bonds is 25. The van der Waals surface area contributed by atoms with Crippen molar-refractivity contribution in [1.29, 1.82) is 0 Å². The Kier molecular flexibility index (Phi) is 18.9. The molecule has 2 aliphatic carbocycles. The predicted octanol–water partition coefficient (Wildman–Crippen LogP) is 9.56. The van der Waals surface area contributed by atoms with Crippen molar-refractivity contribution >= 4 is 58.3 Å². The molecule has 7 aromatic rings. The highest BCUT2D eigenvalue weighted by Gasteiger charge is 2.33. The first-order valence-electron chi connectivity index (χ1n) is 27.2. The summed E-state index contributed by atoms with van der Waals surface area (Å²) in [5, 5.41) is 26.6. The second-order valence-corrected chi connectivity index (χ2v) is 20.8. The number of aliphatic carboxylic acids is 1. The van der Waals surface area contributed by atoms with Gasteiger partial charge in [-0.1, -0.05) is 163 Å². The number of halogens is 1. The molecule has 0 saturated carbocycles. The molecule has 0 radical (unpaired) electrons. The van der Waals surface area contributed by atoms with Crippen molar-refractivity contribution in [2.45, 2.75) is 87.4 Å². The van der Waals surface area contributed by atoms with Crippen molar-refractivity contribution < 1.29 is 43.3 Å². The average Bonchev–Trinajstić information content (AvgIpc) is 4.03. The predicted molar refractivity (Wildman–Crippen MR) is 308 cm³/mol. The van der Waals surface area contributed by atoms with Gasteiger partial charge in [0, 0.05) is 36.4 Å². The molecule has 0 heterocycles. The molecule has 0 fully saturated rings. The van der Waals surface area contributed by atoms with Crippen molar-refractivity contribution in [3.63, 3.8) is 0 Å². The third-order valence-electron chi connectivity index (χ3n) is 14.9. The molecule has 9 rings (SSSR count). The van der Waals surface area contributed by atoms with Crippen LogP contribution in [0.25, 0.3) is 33.0 Å². The Hall–Kier alpha value is -8.53. The molecule has 80 heavy (non-hydrogen) atoms. The van der Waals surface area contributed by atoms with Crippen LogP contribution < -0.4 is 32.3 Å². The number of carbonyl (C=O) groups excluding carboxylic acids is 5. The molecule has 0 unspecified atom stereocenters. The number of hydrogen-bond donors (Lipinski definition) is 7. The van der Waals surface area contributed by atoms with Gasteiger partial charge in [-0.05, 0) is 123 Å². The van der Waals surface area contributed by atoms with Crippen LogP contribution in [0.5, 0.6) is 0 Å². The zero-order valence-electron chi connectivity index (χ0n) is 44.2. The number of fused-ring (bicyclic) bond motifs is 7. The van der Waals surface area contributed by atoms with Crippen molar-refractivity contribution in [2.24, 2.45) is 5.73 Å². The molecule has 412 valence electrons. The second-order valence-electron chi connectivity index (χ2n) is 20.3. The molecular weight excluding hydrogens is 1030 g/mol. The van der Waals surface area contributed by atoms with Crippen LogP contribution in [0.3, 0.4) is 0 Å². The number of hydrogen-bond acceptors (Lipinski definition) is 9. The zero-order valence-corrected chi connectivity index (χ0v) is 45.0. The molecule has 2 aliphatic rings. The van der Waals surface area contributed by atoms with Gasteiger partial charge in [0.15, 0.2) is 0 Å². The van der Waals surface area contributed by atoms with Crippen LogP contribution in [-0.4, -0.2) is 91.5 Å². The highest BCUT2D eigenvalue weighted by Crippen LogP contribution is 2.45. The molecule has 0 aliphatic heterocycles. The molecule has 0 spiro atoms. The van der Waals surface area contributed by atoms with Gasteiger partial charge < -0.3 is 46.9 Å². The van der Waals surface area contributed by atoms with E-state index in [1.54, 1.807) is 24.3 Å². The normalized spacial score (nSPS) is 13.8. The van der Waals surface area contributed by atoms with Crippen LogP contribution >= 0.6 is 11.6 Å². The monoisotopic (exact) mass is 1100 g/mol. The standard InChI is InChI=1S/C64H65ClN6O9/c65-44-31-28-40(29-32-44)37-58(61(74)70-57(62(75)76)26-12-14-34-68-64(78)80-39-54-51-23-9-5-19-47(51)48-20-6-10-24-52(48)54)71-60(73)56(69-59(72)55(66)36-41-27-30-42-15-1-2-16-43(42)35-41)25-11-13-33-67-63(77)79-38-53-49-21-7-3-17-45(49)46-18-4-8-22-50(46)53/h1-10,15-24,27-32,35,53-58H,11-14,25-26,33-34,36-39,66H2,(H,67,77)(H,68,78)(H,69,72)(H,70,74)(H,71,73)(H,75,76)/t55-,56+,57+,58+/m1/s1. The fraction of sp³-hybridized carbons (Fsp3) is 0.281. The Morgan fingerprint density at radius 3 is 1.41 bits per heavy atom. The number of nitrogens with one attached hydrogen (secondary N) is 5. The summed E-state index contributed by atoms with van der Waals surface area (Å²) in [6.07, 6.45) is 0.542. The molecule has 0 aromatic heterocycles. The minimum atomic E-state index is -1.34. The van der Waals surface area contributed by atoms with E-state index in [0.29, 0.717) is 36.3 Å². The molecule has 0 bridgehead atoms. The zero-order chi connectivity index (χ0) is 56.0. The third-order valence-corrected chi connectivity index (χ3v) is 15.2. The first-order valence-corrected chi connectivity index (χ1v) is 27.6. The van der Waals surface area contributed by atoms with Gasteiger partial charge in [-0.2, -0.15) is 0 Å². The number of carboxylic acid groups (broad SMARTS) is 1. The van der Waals surface area contributed by atoms with Gasteiger partial charge in [0.25, 0.3) is 0 Å². The lowest BCUT2D eigenvalue weighted by Crippen LogP contribution is -2.57. The van der Waals surface area contributed by atoms with E-state index in [9.17, 15) is 33.9 Å². The summed E-state index contributed by atoms with van der Waals surface area (Å²) >= 11 is 6.19. The summed E-state index contributed by atoms with van der Waals surface area (Å²) in [4.78, 5) is 81.0. The molecule has 4 atom stereocenters. The van der Waals surface area contributed by atoms with Crippen LogP contribution in [0.4, 0.5) is 9.59 Å². The number of alkyl carbamates (subject to hydrolysis) is 2. The van der Waals surface area contributed by atoms with Crippen LogP contribution in [0.1, 0.15) is 83.7 Å². The van der Waals surface area contributed by atoms with Gasteiger partial charge in [0.1, 0.15) is 31.3 Å². The van der Waals surface area contributed by atoms with Gasteiger partial charge in [0.05, 0.1) is 6.04 Å². The highest BCUT2D eigenvalue weighted by atomic mass is 35.5. The molecule has 5 amide bonds. The Balaban J connectivity index is 0.801. The maximum atomic E-state index is 14.5. The van der Waals surface area contributed by atoms with Crippen molar-refractivity contribution in [3.8, 4) is 22.3 Å². The highest BCUT2D eigenvalue weighted by molar-refractivity contribution is 6.30. The maximum absolute atomic E-state index is 14.5. The lowest BCUT2D eigenvalue weighted by atomic mass is 9.98. The van der Waals surface area contributed by atoms with Crippen LogP contribution in [0.15, 0.2) is 164 Å². The van der Waals surface area contributed by atoms with Gasteiger partial charge in [-0.3, -0.25) is 14.4 Å². The number of nitrogens with two attached hydrogens (primary N) is 1. The van der Waals surface area contributed by atoms with E-state index in [-0.39, 0.29) is 63.8 Å². The number of ether oxygens (including phenoxy) is 2. The second kappa shape index (κ2) is 26.9. The number of carboxylic acids is 1. The number of benzene rings is 7. The summed E-state index contributed by atoms with van der Waals surface area (Å²) < 4.78 is 11.4. The minimum absolute atomic E-state index is 0.0207. The first-order chi connectivity index (χ1) is 38.9. The van der Waals surface area contributed by atoms with Gasteiger partial charge in [-0.25, -0.2) is 14.4 Å². The summed E-state index contributed by atoms with van der Waals surface area (Å²) in [7, 11) is 0. The van der Waals surface area contributed by atoms with E-state index in [0.717, 1.165) is 60.8 Å². The SMILES string of the molecule is N[C@H](Cc1ccc2ccccc2c1)C(=O)N[C@@H](CCCCNC(=O)OCC1c2ccccc2-c2ccccc21)C(=O)N[C@@H](Cc1ccc(Cl)cc1)C(=O)N[C@@H](CCCCNC(=O)OCC1c2ccccc2-c2ccccc21)C(=O)O. The Labute approximate surface area is 470 Å². The third kappa shape index (κ3) is 14.2. The smallest absolute Gasteiger partial charge is 0.407 e. The first kappa shape index (κ1) is 56.2. The Morgan fingerprint density at radius 1 is 0.475 bits per heavy atom. The van der Waals surface area contributed by atoms with E-state index >= 15 is 0 Å². The lowest BCUT2D eigenvalue weighted by Gasteiger charge is -2.25. The topological polar surface area (TPSA) is 227 Å². The van der Waals surface area contributed by atoms with Crippen molar-refractivity contribution in [3.05, 3.63) is 202 Å². The average molecular weight is 1100 g/mol. The summed E-state index contributed by atoms with van der Waals surface area (Å²) in [6, 6.07) is 47.7. The minimum Gasteiger partial charge on any atom is -0.480 e. The fourth-order valence-corrected chi connectivity index (χ4v) is 10.9. The molecule has 7 aromatic carbocycles. The van der Waals surface area contributed by atoms with E-state index in [1.165, 1.54) is 0 Å². The van der Waals surface area contributed by atoms with Crippen LogP contribution in [0.2, 0.25) is 5.02 Å². The quantitative estimate of drug-likeness (QED) is 0.0268. The van der Waals surface area contributed by atoms with E-state index in [4.69, 9.17) is 26.8 Å². The summed E-state index contributed by atoms with van der Waals surface area (Å²) in [5.41, 5.74) is 16.8. The molecular formula is C64H65ClN6O9. The van der Waals surface area contributed by atoms with Gasteiger partial charge in [-0.15, -0.1) is 0 Å². The molecule has 8 N–H and O–H groups in total. The number of unbranched alkanes of at least 4 members (excludes halogenated alkanes) is 2. The van der Waals surface area contributed by atoms with Crippen molar-refractivity contribution in [2.75, 3.05) is 26.3 Å². The lowest BCUT2D eigenvalue weighted by molar-refractivity contribution is -0.142. The number of amides is 5. The van der Waals surface area contributed by atoms with E-state index < -0.39 is 60.0 Å². The number of carbonyl (C=O) groups is 6. The van der Waals surface area contributed by atoms with Gasteiger partial charge >= 0.3 is 18.2 Å². The maximum Gasteiger partial charge on any atom is 0.407 e.